The highest BCUT2D eigenvalue weighted by atomic mass is 19.4. The summed E-state index contributed by atoms with van der Waals surface area (Å²) in [6.45, 7) is 1.66. The van der Waals surface area contributed by atoms with Gasteiger partial charge in [0, 0.05) is 32.1 Å². The zero-order chi connectivity index (χ0) is 17.0. The van der Waals surface area contributed by atoms with Crippen LogP contribution in [-0.4, -0.2) is 30.5 Å². The van der Waals surface area contributed by atoms with Gasteiger partial charge in [0.15, 0.2) is 0 Å². The maximum Gasteiger partial charge on any atom is 0.573 e. The van der Waals surface area contributed by atoms with Crippen molar-refractivity contribution in [2.24, 2.45) is 0 Å². The van der Waals surface area contributed by atoms with Gasteiger partial charge in [0.25, 0.3) is 0 Å². The molecule has 1 aliphatic rings. The molecule has 1 aromatic carbocycles. The molecule has 0 atom stereocenters. The zero-order valence-electron chi connectivity index (χ0n) is 12.9. The molecule has 0 aliphatic carbocycles. The lowest BCUT2D eigenvalue weighted by Gasteiger charge is -2.32. The molecule has 1 fully saturated rings. The lowest BCUT2D eigenvalue weighted by Crippen LogP contribution is -2.38. The Morgan fingerprint density at radius 2 is 1.62 bits per heavy atom. The van der Waals surface area contributed by atoms with Crippen molar-refractivity contribution >= 4 is 5.82 Å². The van der Waals surface area contributed by atoms with E-state index in [2.05, 4.69) is 14.6 Å². The maximum absolute atomic E-state index is 12.1. The number of aromatic nitrogens is 1. The van der Waals surface area contributed by atoms with E-state index >= 15 is 0 Å². The summed E-state index contributed by atoms with van der Waals surface area (Å²) in [5, 5.41) is 0. The van der Waals surface area contributed by atoms with Crippen LogP contribution in [0.15, 0.2) is 48.7 Å². The molecule has 7 heteroatoms. The van der Waals surface area contributed by atoms with Gasteiger partial charge in [-0.25, -0.2) is 4.98 Å². The Morgan fingerprint density at radius 1 is 0.958 bits per heavy atom. The molecule has 24 heavy (non-hydrogen) atoms. The molecule has 1 saturated heterocycles. The number of nitrogens with zero attached hydrogens (tertiary/aromatic N) is 2. The first-order valence-electron chi connectivity index (χ1n) is 7.68. The number of ether oxygens (including phenoxy) is 2. The van der Waals surface area contributed by atoms with E-state index in [0.29, 0.717) is 5.75 Å². The summed E-state index contributed by atoms with van der Waals surface area (Å²) in [5.74, 6) is 1.24. The predicted molar refractivity (Wildman–Crippen MR) is 83.2 cm³/mol. The van der Waals surface area contributed by atoms with E-state index in [9.17, 15) is 13.2 Å². The van der Waals surface area contributed by atoms with Gasteiger partial charge >= 0.3 is 6.36 Å². The third-order valence-corrected chi connectivity index (χ3v) is 3.78. The van der Waals surface area contributed by atoms with E-state index in [0.717, 1.165) is 31.7 Å². The molecule has 0 N–H and O–H groups in total. The van der Waals surface area contributed by atoms with E-state index in [1.54, 1.807) is 6.20 Å². The van der Waals surface area contributed by atoms with Gasteiger partial charge in [0.2, 0.25) is 0 Å². The molecule has 0 bridgehead atoms. The van der Waals surface area contributed by atoms with Crippen molar-refractivity contribution < 1.29 is 22.6 Å². The molecular weight excluding hydrogens is 321 g/mol. The number of piperidine rings is 1. The quantitative estimate of drug-likeness (QED) is 0.843. The number of alkyl halides is 3. The normalized spacial score (nSPS) is 16.0. The number of hydrogen-bond donors (Lipinski definition) is 0. The van der Waals surface area contributed by atoms with Crippen molar-refractivity contribution in [1.82, 2.24) is 4.98 Å². The summed E-state index contributed by atoms with van der Waals surface area (Å²) in [4.78, 5) is 6.52. The lowest BCUT2D eigenvalue weighted by molar-refractivity contribution is -0.274. The molecule has 128 valence electrons. The molecule has 4 nitrogen and oxygen atoms in total. The molecule has 3 rings (SSSR count). The standard InChI is InChI=1S/C17H17F3N2O2/c18-17(19,20)24-15-6-4-13(5-7-15)23-14-8-11-22(12-9-14)16-3-1-2-10-21-16/h1-7,10,14H,8-9,11-12H2. The fraction of sp³-hybridized carbons (Fsp3) is 0.353. The SMILES string of the molecule is FC(F)(F)Oc1ccc(OC2CCN(c3ccccn3)CC2)cc1. The summed E-state index contributed by atoms with van der Waals surface area (Å²) >= 11 is 0. The number of pyridine rings is 1. The van der Waals surface area contributed by atoms with Crippen LogP contribution < -0.4 is 14.4 Å². The fourth-order valence-electron chi connectivity index (χ4n) is 2.66. The van der Waals surface area contributed by atoms with Gasteiger partial charge in [-0.05, 0) is 36.4 Å². The number of rotatable bonds is 4. The first-order chi connectivity index (χ1) is 11.5. The lowest BCUT2D eigenvalue weighted by atomic mass is 10.1. The molecule has 0 saturated carbocycles. The topological polar surface area (TPSA) is 34.6 Å². The van der Waals surface area contributed by atoms with Crippen LogP contribution in [0.2, 0.25) is 0 Å². The monoisotopic (exact) mass is 338 g/mol. The van der Waals surface area contributed by atoms with E-state index in [1.165, 1.54) is 24.3 Å². The molecule has 0 unspecified atom stereocenters. The van der Waals surface area contributed by atoms with Gasteiger partial charge in [-0.1, -0.05) is 6.07 Å². The van der Waals surface area contributed by atoms with Crippen LogP contribution in [0.25, 0.3) is 0 Å². The smallest absolute Gasteiger partial charge is 0.490 e. The average molecular weight is 338 g/mol. The van der Waals surface area contributed by atoms with Gasteiger partial charge in [0.1, 0.15) is 23.4 Å². The van der Waals surface area contributed by atoms with Gasteiger partial charge in [-0.15, -0.1) is 13.2 Å². The van der Waals surface area contributed by atoms with Gasteiger partial charge in [-0.2, -0.15) is 0 Å². The summed E-state index contributed by atoms with van der Waals surface area (Å²) in [7, 11) is 0. The van der Waals surface area contributed by atoms with Crippen LogP contribution in [0.4, 0.5) is 19.0 Å². The van der Waals surface area contributed by atoms with Crippen LogP contribution in [-0.2, 0) is 0 Å². The Bertz CT molecular complexity index is 639. The van der Waals surface area contributed by atoms with Crippen LogP contribution in [0, 0.1) is 0 Å². The highest BCUT2D eigenvalue weighted by Gasteiger charge is 2.31. The van der Waals surface area contributed by atoms with Crippen LogP contribution in [0.1, 0.15) is 12.8 Å². The second-order valence-corrected chi connectivity index (χ2v) is 5.51. The van der Waals surface area contributed by atoms with E-state index in [1.807, 2.05) is 18.2 Å². The molecule has 1 aromatic heterocycles. The minimum Gasteiger partial charge on any atom is -0.490 e. The van der Waals surface area contributed by atoms with Gasteiger partial charge in [-0.3, -0.25) is 0 Å². The fourth-order valence-corrected chi connectivity index (χ4v) is 2.66. The summed E-state index contributed by atoms with van der Waals surface area (Å²) in [6.07, 6.45) is -1.21. The van der Waals surface area contributed by atoms with Crippen LogP contribution >= 0.6 is 0 Å². The first-order valence-corrected chi connectivity index (χ1v) is 7.68. The Labute approximate surface area is 137 Å². The number of benzene rings is 1. The van der Waals surface area contributed by atoms with Crippen molar-refractivity contribution in [2.75, 3.05) is 18.0 Å². The van der Waals surface area contributed by atoms with Gasteiger partial charge in [0.05, 0.1) is 0 Å². The molecule has 2 aromatic rings. The minimum atomic E-state index is -4.68. The van der Waals surface area contributed by atoms with Crippen LogP contribution in [0.5, 0.6) is 11.5 Å². The first kappa shape index (κ1) is 16.4. The molecule has 0 amide bonds. The van der Waals surface area contributed by atoms with E-state index < -0.39 is 6.36 Å². The summed E-state index contributed by atoms with van der Waals surface area (Å²) < 4.78 is 46.1. The van der Waals surface area contributed by atoms with Crippen molar-refractivity contribution in [1.29, 1.82) is 0 Å². The molecular formula is C17H17F3N2O2. The summed E-state index contributed by atoms with van der Waals surface area (Å²) in [6, 6.07) is 11.3. The number of halogens is 3. The van der Waals surface area contributed by atoms with Crippen LogP contribution in [0.3, 0.4) is 0 Å². The third-order valence-electron chi connectivity index (χ3n) is 3.78. The molecule has 2 heterocycles. The van der Waals surface area contributed by atoms with E-state index in [-0.39, 0.29) is 11.9 Å². The zero-order valence-corrected chi connectivity index (χ0v) is 12.9. The van der Waals surface area contributed by atoms with Gasteiger partial charge < -0.3 is 14.4 Å². The van der Waals surface area contributed by atoms with Crippen molar-refractivity contribution in [3.63, 3.8) is 0 Å². The second-order valence-electron chi connectivity index (χ2n) is 5.51. The maximum atomic E-state index is 12.1. The highest BCUT2D eigenvalue weighted by molar-refractivity contribution is 5.38. The van der Waals surface area contributed by atoms with E-state index in [4.69, 9.17) is 4.74 Å². The highest BCUT2D eigenvalue weighted by Crippen LogP contribution is 2.26. The van der Waals surface area contributed by atoms with Crippen molar-refractivity contribution in [2.45, 2.75) is 25.3 Å². The largest absolute Gasteiger partial charge is 0.573 e. The molecule has 0 radical (unpaired) electrons. The summed E-state index contributed by atoms with van der Waals surface area (Å²) in [5.41, 5.74) is 0. The number of hydrogen-bond acceptors (Lipinski definition) is 4. The Morgan fingerprint density at radius 3 is 2.21 bits per heavy atom. The third kappa shape index (κ3) is 4.53. The minimum absolute atomic E-state index is 0.0411. The Kier molecular flexibility index (Phi) is 4.78. The Hall–Kier alpha value is -2.44. The second kappa shape index (κ2) is 6.98. The average Bonchev–Trinajstić information content (AvgIpc) is 2.57. The number of anilines is 1. The molecule has 0 spiro atoms. The van der Waals surface area contributed by atoms with Crippen molar-refractivity contribution in [3.05, 3.63) is 48.7 Å². The predicted octanol–water partition coefficient (Wildman–Crippen LogP) is 4.03. The van der Waals surface area contributed by atoms with Crippen molar-refractivity contribution in [3.8, 4) is 11.5 Å². The Balaban J connectivity index is 1.51. The molecule has 1 aliphatic heterocycles.